The molecule has 0 amide bonds. The molecular formula is C32H51N3O5. The van der Waals surface area contributed by atoms with Crippen molar-refractivity contribution in [3.8, 4) is 0 Å². The molecule has 1 unspecified atom stereocenters. The second kappa shape index (κ2) is 10.2. The molecule has 0 heterocycles. The van der Waals surface area contributed by atoms with Crippen LogP contribution in [0.1, 0.15) is 98.8 Å². The zero-order valence-corrected chi connectivity index (χ0v) is 25.0. The van der Waals surface area contributed by atoms with Crippen molar-refractivity contribution in [1.29, 1.82) is 0 Å². The molecule has 5 aliphatic rings. The Bertz CT molecular complexity index is 1130. The van der Waals surface area contributed by atoms with Gasteiger partial charge in [0.15, 0.2) is 0 Å². The van der Waals surface area contributed by atoms with E-state index >= 15 is 0 Å². The van der Waals surface area contributed by atoms with Gasteiger partial charge in [-0.05, 0) is 118 Å². The van der Waals surface area contributed by atoms with Crippen LogP contribution in [0.25, 0.3) is 0 Å². The highest BCUT2D eigenvalue weighted by Gasteiger charge is 2.71. The van der Waals surface area contributed by atoms with Crippen molar-refractivity contribution in [1.82, 2.24) is 0 Å². The fraction of sp³-hybridized carbons (Fsp3) is 0.812. The van der Waals surface area contributed by atoms with E-state index in [9.17, 15) is 19.8 Å². The molecule has 5 fully saturated rings. The van der Waals surface area contributed by atoms with Crippen LogP contribution in [0.15, 0.2) is 22.3 Å². The summed E-state index contributed by atoms with van der Waals surface area (Å²) >= 11 is 0. The average Bonchev–Trinajstić information content (AvgIpc) is 3.13. The summed E-state index contributed by atoms with van der Waals surface area (Å²) in [4.78, 5) is 25.5. The number of allylic oxidation sites excluding steroid dienone is 2. The topological polar surface area (TPSA) is 162 Å². The van der Waals surface area contributed by atoms with Crippen LogP contribution in [0.5, 0.6) is 0 Å². The molecule has 0 aliphatic heterocycles. The van der Waals surface area contributed by atoms with E-state index in [0.717, 1.165) is 44.1 Å². The third-order valence-corrected chi connectivity index (χ3v) is 12.5. The normalized spacial score (nSPS) is 48.0. The van der Waals surface area contributed by atoms with Crippen LogP contribution in [-0.4, -0.2) is 52.0 Å². The molecule has 0 aromatic rings. The summed E-state index contributed by atoms with van der Waals surface area (Å²) in [5.74, 6) is -1.53. The van der Waals surface area contributed by atoms with Crippen molar-refractivity contribution in [2.24, 2.45) is 51.7 Å². The van der Waals surface area contributed by atoms with Gasteiger partial charge in [-0.3, -0.25) is 4.79 Å². The van der Waals surface area contributed by atoms with Crippen LogP contribution in [-0.2, 0) is 14.3 Å². The summed E-state index contributed by atoms with van der Waals surface area (Å²) in [6.07, 6.45) is 6.40. The highest BCUT2D eigenvalue weighted by atomic mass is 16.5. The highest BCUT2D eigenvalue weighted by Crippen LogP contribution is 2.69. The summed E-state index contributed by atoms with van der Waals surface area (Å²) in [6.45, 7) is 10.1. The Morgan fingerprint density at radius 3 is 2.38 bits per heavy atom. The van der Waals surface area contributed by atoms with Crippen molar-refractivity contribution < 1.29 is 24.5 Å². The molecule has 11 atom stereocenters. The van der Waals surface area contributed by atoms with Crippen LogP contribution in [0, 0.1) is 34.5 Å². The van der Waals surface area contributed by atoms with E-state index in [-0.39, 0.29) is 41.2 Å². The molecule has 224 valence electrons. The lowest BCUT2D eigenvalue weighted by molar-refractivity contribution is -0.160. The Balaban J connectivity index is 1.64. The number of carboxylic acids is 1. The first kappa shape index (κ1) is 29.7. The Morgan fingerprint density at radius 2 is 1.75 bits per heavy atom. The minimum absolute atomic E-state index is 0.0314. The Hall–Kier alpha value is -1.74. The van der Waals surface area contributed by atoms with Crippen LogP contribution in [0.2, 0.25) is 0 Å². The van der Waals surface area contributed by atoms with Crippen LogP contribution >= 0.6 is 0 Å². The standard InChI is InChI=1S/C32H51N3O5/c1-16(2)18-7-6-8-19(13-18)25(29(38)39)26-21-14-22(33)28-30(4)11-10-23(37)27(34)20(30)9-12-32(28,35)31(21,5)15-24(26)40-17(3)36/h19-24,27-28,37H,6-15,33-35H2,1-5H3,(H,38,39)/b26-25-/t19?,20-,21-,22+,23+,24-,27-,28-,30-,31-,32+/m0/s1. The molecule has 0 saturated heterocycles. The zero-order valence-electron chi connectivity index (χ0n) is 25.0. The number of rotatable bonds is 3. The van der Waals surface area contributed by atoms with E-state index in [4.69, 9.17) is 21.9 Å². The van der Waals surface area contributed by atoms with Gasteiger partial charge in [0.25, 0.3) is 0 Å². The minimum atomic E-state index is -0.916. The number of aliphatic hydroxyl groups is 1. The molecule has 0 spiro atoms. The molecule has 40 heavy (non-hydrogen) atoms. The monoisotopic (exact) mass is 557 g/mol. The molecule has 0 radical (unpaired) electrons. The molecule has 8 N–H and O–H groups in total. The van der Waals surface area contributed by atoms with E-state index in [1.807, 2.05) is 0 Å². The summed E-state index contributed by atoms with van der Waals surface area (Å²) in [5.41, 5.74) is 23.7. The fourth-order valence-corrected chi connectivity index (χ4v) is 10.6. The number of nitrogens with two attached hydrogens (primary N) is 3. The SMILES string of the molecule is CC(=O)O[C@H]1C[C@@]2(C)[C@@H](C[C@@H](N)[C@H]3[C@@]4(C)CC[C@@H](O)[C@@H](N)[C@@H]4CC[C@@]32N)/C1=C(/C(=O)O)C1CCCC(=C(C)C)C1. The Kier molecular flexibility index (Phi) is 7.59. The maximum atomic E-state index is 13.1. The van der Waals surface area contributed by atoms with Gasteiger partial charge in [0.05, 0.1) is 6.10 Å². The van der Waals surface area contributed by atoms with Gasteiger partial charge in [-0.1, -0.05) is 25.0 Å². The first-order chi connectivity index (χ1) is 18.7. The molecule has 0 aromatic carbocycles. The molecular weight excluding hydrogens is 506 g/mol. The second-order valence-corrected chi connectivity index (χ2v) is 14.6. The molecule has 0 bridgehead atoms. The van der Waals surface area contributed by atoms with E-state index in [2.05, 4.69) is 27.7 Å². The number of hydrogen-bond acceptors (Lipinski definition) is 7. The largest absolute Gasteiger partial charge is 0.478 e. The van der Waals surface area contributed by atoms with Crippen LogP contribution in [0.4, 0.5) is 0 Å². The lowest BCUT2D eigenvalue weighted by Crippen LogP contribution is -2.76. The molecule has 5 saturated carbocycles. The lowest BCUT2D eigenvalue weighted by atomic mass is 9.39. The van der Waals surface area contributed by atoms with Crippen LogP contribution < -0.4 is 17.2 Å². The first-order valence-corrected chi connectivity index (χ1v) is 15.4. The number of carboxylic acid groups (broad SMARTS) is 1. The Morgan fingerprint density at radius 1 is 1.05 bits per heavy atom. The van der Waals surface area contributed by atoms with Gasteiger partial charge in [0.2, 0.25) is 0 Å². The maximum absolute atomic E-state index is 13.1. The van der Waals surface area contributed by atoms with Gasteiger partial charge in [-0.25, -0.2) is 4.79 Å². The summed E-state index contributed by atoms with van der Waals surface area (Å²) in [6, 6.07) is -0.554. The van der Waals surface area contributed by atoms with E-state index in [1.54, 1.807) is 0 Å². The van der Waals surface area contributed by atoms with Gasteiger partial charge in [0.1, 0.15) is 6.10 Å². The lowest BCUT2D eigenvalue weighted by Gasteiger charge is -2.68. The second-order valence-electron chi connectivity index (χ2n) is 14.6. The average molecular weight is 558 g/mol. The van der Waals surface area contributed by atoms with Gasteiger partial charge >= 0.3 is 11.9 Å². The molecule has 8 heteroatoms. The fourth-order valence-electron chi connectivity index (χ4n) is 10.6. The van der Waals surface area contributed by atoms with Crippen LogP contribution in [0.3, 0.4) is 0 Å². The third kappa shape index (κ3) is 4.31. The van der Waals surface area contributed by atoms with E-state index in [0.29, 0.717) is 31.3 Å². The van der Waals surface area contributed by atoms with Crippen molar-refractivity contribution in [2.45, 2.75) is 129 Å². The zero-order chi connectivity index (χ0) is 29.4. The predicted octanol–water partition coefficient (Wildman–Crippen LogP) is 3.80. The van der Waals surface area contributed by atoms with Gasteiger partial charge < -0.3 is 32.2 Å². The number of carbonyl (C=O) groups excluding carboxylic acids is 1. The minimum Gasteiger partial charge on any atom is -0.478 e. The van der Waals surface area contributed by atoms with Gasteiger partial charge in [-0.2, -0.15) is 0 Å². The maximum Gasteiger partial charge on any atom is 0.331 e. The molecule has 8 nitrogen and oxygen atoms in total. The number of ether oxygens (including phenoxy) is 1. The predicted molar refractivity (Wildman–Crippen MR) is 154 cm³/mol. The third-order valence-electron chi connectivity index (χ3n) is 12.5. The van der Waals surface area contributed by atoms with E-state index < -0.39 is 35.1 Å². The summed E-state index contributed by atoms with van der Waals surface area (Å²) in [5, 5.41) is 21.3. The van der Waals surface area contributed by atoms with Crippen molar-refractivity contribution >= 4 is 11.9 Å². The van der Waals surface area contributed by atoms with Crippen molar-refractivity contribution in [3.05, 3.63) is 22.3 Å². The number of aliphatic hydroxyl groups excluding tert-OH is 1. The van der Waals surface area contributed by atoms with Crippen molar-refractivity contribution in [2.75, 3.05) is 0 Å². The quantitative estimate of drug-likeness (QED) is 0.199. The number of hydrogen-bond donors (Lipinski definition) is 5. The van der Waals surface area contributed by atoms with Gasteiger partial charge in [-0.15, -0.1) is 0 Å². The van der Waals surface area contributed by atoms with Gasteiger partial charge in [0, 0.05) is 30.1 Å². The van der Waals surface area contributed by atoms with E-state index in [1.165, 1.54) is 18.1 Å². The molecule has 5 rings (SSSR count). The molecule has 0 aromatic heterocycles. The number of fused-ring (bicyclic) bond motifs is 5. The first-order valence-electron chi connectivity index (χ1n) is 15.4. The summed E-state index contributed by atoms with van der Waals surface area (Å²) < 4.78 is 5.98. The number of aliphatic carboxylic acids is 1. The smallest absolute Gasteiger partial charge is 0.331 e. The molecule has 5 aliphatic carbocycles. The van der Waals surface area contributed by atoms with Crippen molar-refractivity contribution in [3.63, 3.8) is 0 Å². The summed E-state index contributed by atoms with van der Waals surface area (Å²) in [7, 11) is 0. The Labute approximate surface area is 239 Å². The number of carbonyl (C=O) groups is 2. The number of esters is 1. The highest BCUT2D eigenvalue weighted by molar-refractivity contribution is 5.89.